The van der Waals surface area contributed by atoms with E-state index in [9.17, 15) is 18.0 Å². The Hall–Kier alpha value is -2.80. The number of carbonyl (C=O) groups excluding carboxylic acids is 1. The summed E-state index contributed by atoms with van der Waals surface area (Å²) in [7, 11) is 1.45. The molecule has 1 atom stereocenters. The summed E-state index contributed by atoms with van der Waals surface area (Å²) in [6.07, 6.45) is -6.04. The van der Waals surface area contributed by atoms with E-state index in [2.05, 4.69) is 6.07 Å². The number of para-hydroxylation sites is 1. The van der Waals surface area contributed by atoms with E-state index in [0.29, 0.717) is 6.42 Å². The third kappa shape index (κ3) is 3.81. The summed E-state index contributed by atoms with van der Waals surface area (Å²) in [5.74, 6) is -0.936. The minimum Gasteiger partial charge on any atom is -0.325 e. The van der Waals surface area contributed by atoms with Crippen LogP contribution in [0.2, 0.25) is 0 Å². The molecule has 1 unspecified atom stereocenters. The van der Waals surface area contributed by atoms with Crippen molar-refractivity contribution in [2.24, 2.45) is 0 Å². The fourth-order valence-corrected chi connectivity index (χ4v) is 4.96. The molecule has 30 heavy (non-hydrogen) atoms. The van der Waals surface area contributed by atoms with Gasteiger partial charge in [-0.15, -0.1) is 11.3 Å². The smallest absolute Gasteiger partial charge is 0.325 e. The van der Waals surface area contributed by atoms with E-state index in [1.807, 2.05) is 66.1 Å². The summed E-state index contributed by atoms with van der Waals surface area (Å²) in [6, 6.07) is 19.9. The lowest BCUT2D eigenvalue weighted by atomic mass is 10.2. The van der Waals surface area contributed by atoms with Crippen LogP contribution in [-0.4, -0.2) is 28.6 Å². The van der Waals surface area contributed by atoms with Gasteiger partial charge in [0.25, 0.3) is 0 Å². The van der Waals surface area contributed by atoms with Gasteiger partial charge < -0.3 is 9.47 Å². The Morgan fingerprint density at radius 1 is 1.07 bits per heavy atom. The first-order valence-corrected chi connectivity index (χ1v) is 10.5. The number of amides is 1. The van der Waals surface area contributed by atoms with Crippen LogP contribution in [0, 0.1) is 0 Å². The van der Waals surface area contributed by atoms with Gasteiger partial charge in [0.1, 0.15) is 12.6 Å². The summed E-state index contributed by atoms with van der Waals surface area (Å²) in [6.45, 7) is 1.88. The van der Waals surface area contributed by atoms with Crippen LogP contribution in [0.4, 0.5) is 13.2 Å². The van der Waals surface area contributed by atoms with E-state index in [0.717, 1.165) is 31.6 Å². The number of hydrogen-bond donors (Lipinski definition) is 0. The molecule has 0 bridgehead atoms. The van der Waals surface area contributed by atoms with Crippen molar-refractivity contribution in [3.05, 3.63) is 60.7 Å². The van der Waals surface area contributed by atoms with Crippen molar-refractivity contribution in [2.75, 3.05) is 7.05 Å². The van der Waals surface area contributed by atoms with Crippen LogP contribution < -0.4 is 0 Å². The molecule has 2 aromatic heterocycles. The maximum absolute atomic E-state index is 12.8. The molecule has 0 saturated carbocycles. The van der Waals surface area contributed by atoms with Crippen LogP contribution in [0.25, 0.3) is 31.6 Å². The largest absolute Gasteiger partial charge is 0.397 e. The minimum atomic E-state index is -4.53. The lowest BCUT2D eigenvalue weighted by molar-refractivity contribution is -0.163. The van der Waals surface area contributed by atoms with Gasteiger partial charge in [-0.05, 0) is 36.1 Å². The number of rotatable bonds is 5. The second-order valence-electron chi connectivity index (χ2n) is 7.29. The lowest BCUT2D eigenvalue weighted by Crippen LogP contribution is -2.36. The molecule has 0 N–H and O–H groups in total. The molecule has 7 heteroatoms. The lowest BCUT2D eigenvalue weighted by Gasteiger charge is -2.31. The van der Waals surface area contributed by atoms with Crippen molar-refractivity contribution < 1.29 is 18.0 Å². The highest BCUT2D eigenvalue weighted by atomic mass is 32.1. The van der Waals surface area contributed by atoms with Crippen LogP contribution in [0.5, 0.6) is 0 Å². The Morgan fingerprint density at radius 2 is 1.73 bits per heavy atom. The van der Waals surface area contributed by atoms with Crippen molar-refractivity contribution >= 4 is 38.2 Å². The van der Waals surface area contributed by atoms with Gasteiger partial charge in [-0.1, -0.05) is 43.3 Å². The molecule has 0 radical (unpaired) electrons. The van der Waals surface area contributed by atoms with Gasteiger partial charge >= 0.3 is 6.18 Å². The molecule has 4 rings (SSSR count). The van der Waals surface area contributed by atoms with Gasteiger partial charge in [0, 0.05) is 17.1 Å². The second kappa shape index (κ2) is 7.80. The predicted molar refractivity (Wildman–Crippen MR) is 116 cm³/mol. The third-order valence-electron chi connectivity index (χ3n) is 5.28. The molecule has 156 valence electrons. The van der Waals surface area contributed by atoms with Gasteiger partial charge in [-0.3, -0.25) is 4.79 Å². The molecule has 0 aliphatic rings. The maximum Gasteiger partial charge on any atom is 0.397 e. The SMILES string of the molecule is CCC(N(C)C(=O)CC(F)(F)F)n1c(-c2cc3ccccc3s2)cc2ccccc21. The van der Waals surface area contributed by atoms with E-state index >= 15 is 0 Å². The quantitative estimate of drug-likeness (QED) is 0.340. The summed E-state index contributed by atoms with van der Waals surface area (Å²) < 4.78 is 41.6. The van der Waals surface area contributed by atoms with Crippen molar-refractivity contribution in [1.82, 2.24) is 9.47 Å². The molecular formula is C23H21F3N2OS. The molecule has 2 aromatic carbocycles. The number of halogens is 3. The van der Waals surface area contributed by atoms with Crippen LogP contribution >= 0.6 is 11.3 Å². The molecule has 0 spiro atoms. The third-order valence-corrected chi connectivity index (χ3v) is 6.42. The summed E-state index contributed by atoms with van der Waals surface area (Å²) >= 11 is 1.63. The zero-order chi connectivity index (χ0) is 21.5. The van der Waals surface area contributed by atoms with Crippen LogP contribution in [0.15, 0.2) is 60.7 Å². The normalized spacial score (nSPS) is 13.1. The molecule has 0 fully saturated rings. The number of alkyl halides is 3. The molecule has 2 heterocycles. The van der Waals surface area contributed by atoms with E-state index in [1.165, 1.54) is 11.9 Å². The van der Waals surface area contributed by atoms with Crippen molar-refractivity contribution in [2.45, 2.75) is 32.1 Å². The van der Waals surface area contributed by atoms with Gasteiger partial charge in [0.15, 0.2) is 0 Å². The van der Waals surface area contributed by atoms with Crippen LogP contribution in [-0.2, 0) is 4.79 Å². The first-order valence-electron chi connectivity index (χ1n) is 9.70. The molecule has 4 aromatic rings. The molecular weight excluding hydrogens is 409 g/mol. The highest BCUT2D eigenvalue weighted by Crippen LogP contribution is 2.39. The Balaban J connectivity index is 1.86. The van der Waals surface area contributed by atoms with Gasteiger partial charge in [0.2, 0.25) is 5.91 Å². The standard InChI is InChI=1S/C23H21F3N2OS/c1-3-21(27(2)22(29)14-23(24,25)26)28-17-10-6-4-8-15(17)12-18(28)20-13-16-9-5-7-11-19(16)30-20/h4-13,21H,3,14H2,1-2H3. The maximum atomic E-state index is 12.8. The van der Waals surface area contributed by atoms with Gasteiger partial charge in [-0.25, -0.2) is 0 Å². The predicted octanol–water partition coefficient (Wildman–Crippen LogP) is 6.84. The fourth-order valence-electron chi connectivity index (χ4n) is 3.89. The molecule has 0 aliphatic carbocycles. The molecule has 0 saturated heterocycles. The van der Waals surface area contributed by atoms with Gasteiger partial charge in [0.05, 0.1) is 16.1 Å². The molecule has 3 nitrogen and oxygen atoms in total. The van der Waals surface area contributed by atoms with Crippen molar-refractivity contribution in [3.63, 3.8) is 0 Å². The first-order chi connectivity index (χ1) is 14.3. The average molecular weight is 430 g/mol. The molecule has 0 aliphatic heterocycles. The number of benzene rings is 2. The summed E-state index contributed by atoms with van der Waals surface area (Å²) in [5.41, 5.74) is 1.79. The Kier molecular flexibility index (Phi) is 5.32. The Morgan fingerprint density at radius 3 is 2.40 bits per heavy atom. The summed E-state index contributed by atoms with van der Waals surface area (Å²) in [5, 5.41) is 2.10. The number of hydrogen-bond acceptors (Lipinski definition) is 2. The Bertz CT molecular complexity index is 1180. The van der Waals surface area contributed by atoms with Gasteiger partial charge in [-0.2, -0.15) is 13.2 Å². The zero-order valence-electron chi connectivity index (χ0n) is 16.6. The first kappa shape index (κ1) is 20.5. The van der Waals surface area contributed by atoms with E-state index in [-0.39, 0.29) is 0 Å². The van der Waals surface area contributed by atoms with Crippen LogP contribution in [0.1, 0.15) is 25.9 Å². The van der Waals surface area contributed by atoms with Crippen LogP contribution in [0.3, 0.4) is 0 Å². The topological polar surface area (TPSA) is 25.2 Å². The zero-order valence-corrected chi connectivity index (χ0v) is 17.4. The Labute approximate surface area is 176 Å². The van der Waals surface area contributed by atoms with E-state index in [4.69, 9.17) is 0 Å². The highest BCUT2D eigenvalue weighted by Gasteiger charge is 2.35. The minimum absolute atomic E-state index is 0.483. The summed E-state index contributed by atoms with van der Waals surface area (Å²) in [4.78, 5) is 14.6. The number of carbonyl (C=O) groups is 1. The molecule has 1 amide bonds. The number of thiophene rings is 1. The van der Waals surface area contributed by atoms with E-state index < -0.39 is 24.7 Å². The van der Waals surface area contributed by atoms with Crippen molar-refractivity contribution in [3.8, 4) is 10.6 Å². The number of fused-ring (bicyclic) bond motifs is 2. The second-order valence-corrected chi connectivity index (χ2v) is 8.38. The highest BCUT2D eigenvalue weighted by molar-refractivity contribution is 7.22. The van der Waals surface area contributed by atoms with E-state index in [1.54, 1.807) is 11.3 Å². The number of aromatic nitrogens is 1. The average Bonchev–Trinajstić information content (AvgIpc) is 3.29. The van der Waals surface area contributed by atoms with Crippen molar-refractivity contribution in [1.29, 1.82) is 0 Å². The fraction of sp³-hybridized carbons (Fsp3) is 0.261. The number of nitrogens with zero attached hydrogens (tertiary/aromatic N) is 2. The monoisotopic (exact) mass is 430 g/mol.